The first kappa shape index (κ1) is 10.6. The Kier molecular flexibility index (Phi) is 3.78. The van der Waals surface area contributed by atoms with Crippen molar-refractivity contribution >= 4 is 23.6 Å². The second-order valence-corrected chi connectivity index (χ2v) is 4.21. The number of nitrogens with zero attached hydrogens (tertiary/aromatic N) is 1. The van der Waals surface area contributed by atoms with Crippen molar-refractivity contribution < 1.29 is 9.59 Å². The summed E-state index contributed by atoms with van der Waals surface area (Å²) in [6, 6.07) is 0. The summed E-state index contributed by atoms with van der Waals surface area (Å²) in [5.74, 6) is 0.00347. The van der Waals surface area contributed by atoms with Crippen LogP contribution in [-0.2, 0) is 9.59 Å². The molecule has 74 valence electrons. The van der Waals surface area contributed by atoms with Crippen LogP contribution in [0.3, 0.4) is 0 Å². The van der Waals surface area contributed by atoms with E-state index in [1.54, 1.807) is 0 Å². The highest BCUT2D eigenvalue weighted by atomic mass is 32.2. The van der Waals surface area contributed by atoms with Gasteiger partial charge in [0.05, 0.1) is 5.25 Å². The summed E-state index contributed by atoms with van der Waals surface area (Å²) in [4.78, 5) is 24.3. The molecule has 0 radical (unpaired) electrons. The van der Waals surface area contributed by atoms with Gasteiger partial charge in [0.15, 0.2) is 0 Å². The van der Waals surface area contributed by atoms with Crippen molar-refractivity contribution in [1.29, 1.82) is 0 Å². The maximum Gasteiger partial charge on any atom is 0.242 e. The zero-order valence-corrected chi connectivity index (χ0v) is 8.89. The Labute approximate surface area is 82.9 Å². The van der Waals surface area contributed by atoms with Crippen molar-refractivity contribution in [3.63, 3.8) is 0 Å². The topological polar surface area (TPSA) is 37.4 Å². The Hall–Kier alpha value is -0.510. The molecule has 0 saturated carbocycles. The van der Waals surface area contributed by atoms with E-state index in [2.05, 4.69) is 6.92 Å². The molecule has 0 N–H and O–H groups in total. The van der Waals surface area contributed by atoms with Gasteiger partial charge in [-0.05, 0) is 12.7 Å². The third-order valence-electron chi connectivity index (χ3n) is 2.22. The van der Waals surface area contributed by atoms with Crippen molar-refractivity contribution in [2.45, 2.75) is 31.4 Å². The fraction of sp³-hybridized carbons (Fsp3) is 0.778. The number of hydrogen-bond acceptors (Lipinski definition) is 3. The minimum absolute atomic E-state index is 0.00204. The first-order valence-electron chi connectivity index (χ1n) is 4.57. The molecule has 1 saturated heterocycles. The number of thioether (sulfide) groups is 1. The lowest BCUT2D eigenvalue weighted by Crippen LogP contribution is -2.32. The predicted octanol–water partition coefficient (Wildman–Crippen LogP) is 1.28. The molecule has 1 aliphatic rings. The molecule has 1 aliphatic heterocycles. The maximum atomic E-state index is 11.5. The molecule has 3 nitrogen and oxygen atoms in total. The minimum atomic E-state index is -0.121. The molecular weight excluding hydrogens is 186 g/mol. The van der Waals surface area contributed by atoms with Crippen LogP contribution in [0, 0.1) is 0 Å². The molecule has 1 unspecified atom stereocenters. The largest absolute Gasteiger partial charge is 0.282 e. The van der Waals surface area contributed by atoms with E-state index in [0.717, 1.165) is 12.8 Å². The summed E-state index contributed by atoms with van der Waals surface area (Å²) in [7, 11) is 0. The Bertz CT molecular complexity index is 218. The zero-order valence-electron chi connectivity index (χ0n) is 8.08. The van der Waals surface area contributed by atoms with Gasteiger partial charge < -0.3 is 0 Å². The van der Waals surface area contributed by atoms with E-state index in [4.69, 9.17) is 0 Å². The van der Waals surface area contributed by atoms with E-state index in [1.807, 2.05) is 6.26 Å². The van der Waals surface area contributed by atoms with Gasteiger partial charge in [-0.2, -0.15) is 11.8 Å². The Morgan fingerprint density at radius 1 is 1.54 bits per heavy atom. The van der Waals surface area contributed by atoms with Crippen molar-refractivity contribution in [1.82, 2.24) is 4.90 Å². The lowest BCUT2D eigenvalue weighted by atomic mass is 10.3. The van der Waals surface area contributed by atoms with Gasteiger partial charge in [0.1, 0.15) is 0 Å². The summed E-state index contributed by atoms with van der Waals surface area (Å²) < 4.78 is 0. The van der Waals surface area contributed by atoms with Crippen LogP contribution < -0.4 is 0 Å². The highest BCUT2D eigenvalue weighted by Crippen LogP contribution is 2.23. The SMILES string of the molecule is CCCCN1C(=O)CC(SC)C1=O. The van der Waals surface area contributed by atoms with Gasteiger partial charge in [0.25, 0.3) is 0 Å². The smallest absolute Gasteiger partial charge is 0.242 e. The van der Waals surface area contributed by atoms with Crippen molar-refractivity contribution in [3.8, 4) is 0 Å². The van der Waals surface area contributed by atoms with Gasteiger partial charge in [-0.3, -0.25) is 14.5 Å². The highest BCUT2D eigenvalue weighted by molar-refractivity contribution is 8.00. The molecular formula is C9H15NO2S. The number of amides is 2. The fourth-order valence-electron chi connectivity index (χ4n) is 1.39. The lowest BCUT2D eigenvalue weighted by molar-refractivity contribution is -0.138. The first-order chi connectivity index (χ1) is 6.20. The van der Waals surface area contributed by atoms with Crippen LogP contribution in [0.4, 0.5) is 0 Å². The Morgan fingerprint density at radius 3 is 2.69 bits per heavy atom. The fourth-order valence-corrected chi connectivity index (χ4v) is 2.03. The minimum Gasteiger partial charge on any atom is -0.282 e. The van der Waals surface area contributed by atoms with Crippen molar-refractivity contribution in [2.75, 3.05) is 12.8 Å². The first-order valence-corrected chi connectivity index (χ1v) is 5.86. The highest BCUT2D eigenvalue weighted by Gasteiger charge is 2.37. The van der Waals surface area contributed by atoms with E-state index < -0.39 is 0 Å². The van der Waals surface area contributed by atoms with Crippen LogP contribution in [0.1, 0.15) is 26.2 Å². The van der Waals surface area contributed by atoms with Gasteiger partial charge in [-0.1, -0.05) is 13.3 Å². The molecule has 0 aliphatic carbocycles. The van der Waals surface area contributed by atoms with Crippen LogP contribution >= 0.6 is 11.8 Å². The second-order valence-electron chi connectivity index (χ2n) is 3.17. The number of rotatable bonds is 4. The van der Waals surface area contributed by atoms with E-state index in [-0.39, 0.29) is 17.1 Å². The molecule has 1 atom stereocenters. The summed E-state index contributed by atoms with van der Waals surface area (Å²) in [6.45, 7) is 2.66. The molecule has 13 heavy (non-hydrogen) atoms. The number of hydrogen-bond donors (Lipinski definition) is 0. The van der Waals surface area contributed by atoms with E-state index in [1.165, 1.54) is 16.7 Å². The Morgan fingerprint density at radius 2 is 2.23 bits per heavy atom. The summed E-state index contributed by atoms with van der Waals surface area (Å²) >= 11 is 1.47. The van der Waals surface area contributed by atoms with Gasteiger partial charge in [0.2, 0.25) is 11.8 Å². The lowest BCUT2D eigenvalue weighted by Gasteiger charge is -2.13. The monoisotopic (exact) mass is 201 g/mol. The summed E-state index contributed by atoms with van der Waals surface area (Å²) in [5, 5.41) is -0.121. The second kappa shape index (κ2) is 4.65. The van der Waals surface area contributed by atoms with Gasteiger partial charge in [0, 0.05) is 13.0 Å². The quantitative estimate of drug-likeness (QED) is 0.643. The van der Waals surface area contributed by atoms with Crippen LogP contribution in [0.2, 0.25) is 0 Å². The third-order valence-corrected chi connectivity index (χ3v) is 3.16. The van der Waals surface area contributed by atoms with Crippen LogP contribution in [0.25, 0.3) is 0 Å². The van der Waals surface area contributed by atoms with E-state index in [0.29, 0.717) is 13.0 Å². The van der Waals surface area contributed by atoms with Crippen LogP contribution in [-0.4, -0.2) is 34.8 Å². The molecule has 4 heteroatoms. The number of unbranched alkanes of at least 4 members (excludes halogenated alkanes) is 1. The van der Waals surface area contributed by atoms with Gasteiger partial charge in [-0.25, -0.2) is 0 Å². The van der Waals surface area contributed by atoms with Crippen molar-refractivity contribution in [3.05, 3.63) is 0 Å². The Balaban J connectivity index is 2.54. The third kappa shape index (κ3) is 2.24. The van der Waals surface area contributed by atoms with Crippen LogP contribution in [0.15, 0.2) is 0 Å². The molecule has 0 spiro atoms. The summed E-state index contributed by atoms with van der Waals surface area (Å²) in [6.07, 6.45) is 4.20. The molecule has 1 heterocycles. The molecule has 0 bridgehead atoms. The molecule has 1 fully saturated rings. The molecule has 2 amide bonds. The molecule has 0 aromatic rings. The van der Waals surface area contributed by atoms with Gasteiger partial charge in [-0.15, -0.1) is 0 Å². The normalized spacial score (nSPS) is 22.9. The number of imide groups is 1. The summed E-state index contributed by atoms with van der Waals surface area (Å²) in [5.41, 5.74) is 0. The van der Waals surface area contributed by atoms with E-state index >= 15 is 0 Å². The standard InChI is InChI=1S/C9H15NO2S/c1-3-4-5-10-8(11)6-7(13-2)9(10)12/h7H,3-6H2,1-2H3. The van der Waals surface area contributed by atoms with Gasteiger partial charge >= 0.3 is 0 Å². The van der Waals surface area contributed by atoms with Crippen LogP contribution in [0.5, 0.6) is 0 Å². The molecule has 0 aromatic heterocycles. The zero-order chi connectivity index (χ0) is 9.84. The van der Waals surface area contributed by atoms with E-state index in [9.17, 15) is 9.59 Å². The average Bonchev–Trinajstić information content (AvgIpc) is 2.39. The average molecular weight is 201 g/mol. The molecule has 0 aromatic carbocycles. The van der Waals surface area contributed by atoms with Crippen molar-refractivity contribution in [2.24, 2.45) is 0 Å². The number of likely N-dealkylation sites (tertiary alicyclic amines) is 1. The number of carbonyl (C=O) groups excluding carboxylic acids is 2. The maximum absolute atomic E-state index is 11.5. The predicted molar refractivity (Wildman–Crippen MR) is 53.5 cm³/mol. The number of carbonyl (C=O) groups is 2. The molecule has 1 rings (SSSR count).